The van der Waals surface area contributed by atoms with Crippen LogP contribution in [-0.4, -0.2) is 32.5 Å². The zero-order valence-electron chi connectivity index (χ0n) is 8.04. The largest absolute Gasteiger partial charge is 0.314 e. The van der Waals surface area contributed by atoms with Gasteiger partial charge in [0.1, 0.15) is 0 Å². The van der Waals surface area contributed by atoms with Gasteiger partial charge in [0.2, 0.25) is 0 Å². The molecule has 2 heterocycles. The van der Waals surface area contributed by atoms with Crippen LogP contribution >= 0.6 is 0 Å². The van der Waals surface area contributed by atoms with E-state index in [2.05, 4.69) is 12.2 Å². The van der Waals surface area contributed by atoms with Gasteiger partial charge in [0.25, 0.3) is 0 Å². The van der Waals surface area contributed by atoms with Gasteiger partial charge in [0.15, 0.2) is 9.84 Å². The van der Waals surface area contributed by atoms with Gasteiger partial charge >= 0.3 is 0 Å². The van der Waals surface area contributed by atoms with E-state index >= 15 is 0 Å². The van der Waals surface area contributed by atoms with Crippen molar-refractivity contribution in [3.63, 3.8) is 0 Å². The summed E-state index contributed by atoms with van der Waals surface area (Å²) >= 11 is 0. The van der Waals surface area contributed by atoms with Gasteiger partial charge in [-0.2, -0.15) is 0 Å². The smallest absolute Gasteiger partial charge is 0.151 e. The Morgan fingerprint density at radius 1 is 1.46 bits per heavy atom. The molecule has 1 spiro atoms. The molecule has 76 valence electrons. The van der Waals surface area contributed by atoms with Gasteiger partial charge in [-0.3, -0.25) is 0 Å². The normalized spacial score (nSPS) is 35.6. The molecular formula is C9H17NO2S. The number of sulfone groups is 1. The lowest BCUT2D eigenvalue weighted by Gasteiger charge is -2.46. The van der Waals surface area contributed by atoms with Crippen molar-refractivity contribution >= 4 is 9.84 Å². The van der Waals surface area contributed by atoms with Gasteiger partial charge in [-0.25, -0.2) is 8.42 Å². The SMILES string of the molecule is CCC1CC2(CCN1)CS(=O)(=O)C2. The minimum absolute atomic E-state index is 0.157. The van der Waals surface area contributed by atoms with Crippen molar-refractivity contribution < 1.29 is 8.42 Å². The van der Waals surface area contributed by atoms with Crippen LogP contribution in [0.1, 0.15) is 26.2 Å². The predicted octanol–water partition coefficient (Wildman–Crippen LogP) is 0.563. The second kappa shape index (κ2) is 2.95. The Bertz CT molecular complexity index is 285. The number of piperidine rings is 1. The first-order chi connectivity index (χ1) is 6.05. The fraction of sp³-hybridized carbons (Fsp3) is 1.00. The molecule has 2 saturated heterocycles. The summed E-state index contributed by atoms with van der Waals surface area (Å²) in [5, 5.41) is 3.42. The van der Waals surface area contributed by atoms with Crippen LogP contribution in [0.3, 0.4) is 0 Å². The van der Waals surface area contributed by atoms with Crippen molar-refractivity contribution in [3.8, 4) is 0 Å². The molecule has 2 aliphatic heterocycles. The highest BCUT2D eigenvalue weighted by Crippen LogP contribution is 2.42. The highest BCUT2D eigenvalue weighted by atomic mass is 32.2. The van der Waals surface area contributed by atoms with Gasteiger partial charge in [-0.1, -0.05) is 6.92 Å². The second-order valence-electron chi connectivity index (χ2n) is 4.55. The van der Waals surface area contributed by atoms with Crippen molar-refractivity contribution in [2.45, 2.75) is 32.2 Å². The van der Waals surface area contributed by atoms with Crippen molar-refractivity contribution in [3.05, 3.63) is 0 Å². The Hall–Kier alpha value is -0.0900. The second-order valence-corrected chi connectivity index (χ2v) is 6.61. The van der Waals surface area contributed by atoms with E-state index in [0.717, 1.165) is 25.8 Å². The molecule has 1 N–H and O–H groups in total. The van der Waals surface area contributed by atoms with Crippen LogP contribution in [0.5, 0.6) is 0 Å². The lowest BCUT2D eigenvalue weighted by Crippen LogP contribution is -2.56. The summed E-state index contributed by atoms with van der Waals surface area (Å²) in [6.45, 7) is 3.15. The van der Waals surface area contributed by atoms with E-state index in [1.54, 1.807) is 0 Å². The Morgan fingerprint density at radius 2 is 2.15 bits per heavy atom. The first-order valence-corrected chi connectivity index (χ1v) is 6.81. The molecule has 4 heteroatoms. The molecule has 0 radical (unpaired) electrons. The van der Waals surface area contributed by atoms with Crippen LogP contribution in [0.15, 0.2) is 0 Å². The summed E-state index contributed by atoms with van der Waals surface area (Å²) in [4.78, 5) is 0. The van der Waals surface area contributed by atoms with Gasteiger partial charge in [-0.15, -0.1) is 0 Å². The summed E-state index contributed by atoms with van der Waals surface area (Å²) in [5.74, 6) is 0.885. The molecule has 0 aromatic carbocycles. The highest BCUT2D eigenvalue weighted by molar-refractivity contribution is 7.92. The predicted molar refractivity (Wildman–Crippen MR) is 52.4 cm³/mol. The molecule has 0 aliphatic carbocycles. The van der Waals surface area contributed by atoms with Crippen LogP contribution in [0, 0.1) is 5.41 Å². The monoisotopic (exact) mass is 203 g/mol. The topological polar surface area (TPSA) is 46.2 Å². The maximum atomic E-state index is 11.1. The van der Waals surface area contributed by atoms with Crippen molar-refractivity contribution in [1.82, 2.24) is 5.32 Å². The number of nitrogens with one attached hydrogen (secondary N) is 1. The third kappa shape index (κ3) is 1.74. The van der Waals surface area contributed by atoms with Gasteiger partial charge in [-0.05, 0) is 25.8 Å². The molecular weight excluding hydrogens is 186 g/mol. The molecule has 2 fully saturated rings. The van der Waals surface area contributed by atoms with Crippen LogP contribution in [0.4, 0.5) is 0 Å². The summed E-state index contributed by atoms with van der Waals surface area (Å²) in [5.41, 5.74) is 0.157. The lowest BCUT2D eigenvalue weighted by atomic mass is 9.78. The maximum Gasteiger partial charge on any atom is 0.151 e. The van der Waals surface area contributed by atoms with Gasteiger partial charge in [0.05, 0.1) is 11.5 Å². The molecule has 2 rings (SSSR count). The van der Waals surface area contributed by atoms with E-state index < -0.39 is 9.84 Å². The van der Waals surface area contributed by atoms with Crippen molar-refractivity contribution in [2.75, 3.05) is 18.1 Å². The molecule has 1 atom stereocenters. The molecule has 2 aliphatic rings. The van der Waals surface area contributed by atoms with Gasteiger partial charge < -0.3 is 5.32 Å². The Balaban J connectivity index is 2.02. The zero-order valence-corrected chi connectivity index (χ0v) is 8.86. The van der Waals surface area contributed by atoms with Crippen LogP contribution < -0.4 is 5.32 Å². The molecule has 0 amide bonds. The average molecular weight is 203 g/mol. The minimum atomic E-state index is -2.65. The first-order valence-electron chi connectivity index (χ1n) is 4.99. The summed E-state index contributed by atoms with van der Waals surface area (Å²) in [6, 6.07) is 0.546. The number of hydrogen-bond donors (Lipinski definition) is 1. The number of hydrogen-bond acceptors (Lipinski definition) is 3. The Kier molecular flexibility index (Phi) is 2.15. The third-order valence-corrected chi connectivity index (χ3v) is 5.42. The third-order valence-electron chi connectivity index (χ3n) is 3.31. The van der Waals surface area contributed by atoms with E-state index in [1.807, 2.05) is 0 Å². The van der Waals surface area contributed by atoms with Crippen LogP contribution in [-0.2, 0) is 9.84 Å². The molecule has 0 aromatic heterocycles. The lowest BCUT2D eigenvalue weighted by molar-refractivity contribution is 0.193. The maximum absolute atomic E-state index is 11.1. The first kappa shape index (κ1) is 9.46. The molecule has 13 heavy (non-hydrogen) atoms. The summed E-state index contributed by atoms with van der Waals surface area (Å²) in [6.07, 6.45) is 3.22. The van der Waals surface area contributed by atoms with Crippen LogP contribution in [0.2, 0.25) is 0 Å². The van der Waals surface area contributed by atoms with E-state index in [9.17, 15) is 8.42 Å². The Morgan fingerprint density at radius 3 is 2.69 bits per heavy atom. The van der Waals surface area contributed by atoms with Crippen LogP contribution in [0.25, 0.3) is 0 Å². The molecule has 3 nitrogen and oxygen atoms in total. The fourth-order valence-corrected chi connectivity index (χ4v) is 4.99. The van der Waals surface area contributed by atoms with E-state index in [0.29, 0.717) is 17.5 Å². The molecule has 0 bridgehead atoms. The molecule has 0 aromatic rings. The summed E-state index contributed by atoms with van der Waals surface area (Å²) < 4.78 is 22.3. The van der Waals surface area contributed by atoms with E-state index in [-0.39, 0.29) is 5.41 Å². The highest BCUT2D eigenvalue weighted by Gasteiger charge is 2.50. The standard InChI is InChI=1S/C9H17NO2S/c1-2-8-5-9(3-4-10-8)6-13(11,12)7-9/h8,10H,2-7H2,1H3. The summed E-state index contributed by atoms with van der Waals surface area (Å²) in [7, 11) is -2.65. The quantitative estimate of drug-likeness (QED) is 0.677. The zero-order chi connectivity index (χ0) is 9.53. The fourth-order valence-electron chi connectivity index (χ4n) is 2.68. The van der Waals surface area contributed by atoms with E-state index in [1.165, 1.54) is 0 Å². The molecule has 0 saturated carbocycles. The van der Waals surface area contributed by atoms with Gasteiger partial charge in [0, 0.05) is 11.5 Å². The minimum Gasteiger partial charge on any atom is -0.314 e. The van der Waals surface area contributed by atoms with Crippen molar-refractivity contribution in [2.24, 2.45) is 5.41 Å². The average Bonchev–Trinajstić information content (AvgIpc) is 2.01. The molecule has 1 unspecified atom stereocenters. The van der Waals surface area contributed by atoms with Crippen molar-refractivity contribution in [1.29, 1.82) is 0 Å². The Labute approximate surface area is 79.8 Å². The number of rotatable bonds is 1. The van der Waals surface area contributed by atoms with E-state index in [4.69, 9.17) is 0 Å².